The maximum absolute atomic E-state index is 13.4. The van der Waals surface area contributed by atoms with Gasteiger partial charge in [-0.2, -0.15) is 0 Å². The van der Waals surface area contributed by atoms with Crippen LogP contribution < -0.4 is 10.5 Å². The monoisotopic (exact) mass is 284 g/mol. The fraction of sp³-hybridized carbons (Fsp3) is 0.385. The highest BCUT2D eigenvalue weighted by molar-refractivity contribution is 6.34. The van der Waals surface area contributed by atoms with Crippen molar-refractivity contribution in [1.82, 2.24) is 4.90 Å². The predicted molar refractivity (Wildman–Crippen MR) is 65.8 cm³/mol. The van der Waals surface area contributed by atoms with Gasteiger partial charge in [-0.1, -0.05) is 0 Å². The molecule has 1 saturated heterocycles. The summed E-state index contributed by atoms with van der Waals surface area (Å²) in [6, 6.07) is 2.99. The topological polar surface area (TPSA) is 72.6 Å². The lowest BCUT2D eigenvalue weighted by Crippen LogP contribution is -2.46. The number of rotatable bonds is 2. The maximum Gasteiger partial charge on any atom is 0.311 e. The second kappa shape index (κ2) is 5.85. The van der Waals surface area contributed by atoms with Gasteiger partial charge in [-0.05, 0) is 12.1 Å². The van der Waals surface area contributed by atoms with Gasteiger partial charge in [0, 0.05) is 32.0 Å². The van der Waals surface area contributed by atoms with E-state index in [-0.39, 0.29) is 11.9 Å². The van der Waals surface area contributed by atoms with E-state index in [2.05, 4.69) is 0 Å². The number of hydrogen-bond acceptors (Lipinski definition) is 3. The van der Waals surface area contributed by atoms with Gasteiger partial charge in [0.1, 0.15) is 11.9 Å². The van der Waals surface area contributed by atoms with E-state index < -0.39 is 23.4 Å². The number of halogens is 2. The van der Waals surface area contributed by atoms with Crippen molar-refractivity contribution < 1.29 is 23.1 Å². The Balaban J connectivity index is 1.93. The van der Waals surface area contributed by atoms with Crippen LogP contribution in [-0.2, 0) is 9.59 Å². The molecule has 20 heavy (non-hydrogen) atoms. The summed E-state index contributed by atoms with van der Waals surface area (Å²) in [5.74, 6) is -3.10. The Morgan fingerprint density at radius 1 is 1.25 bits per heavy atom. The van der Waals surface area contributed by atoms with Crippen molar-refractivity contribution in [3.05, 3.63) is 29.8 Å². The molecule has 1 fully saturated rings. The van der Waals surface area contributed by atoms with E-state index in [1.54, 1.807) is 0 Å². The quantitative estimate of drug-likeness (QED) is 0.817. The highest BCUT2D eigenvalue weighted by Gasteiger charge is 2.26. The summed E-state index contributed by atoms with van der Waals surface area (Å²) < 4.78 is 31.8. The number of piperidine rings is 1. The molecule has 1 aliphatic heterocycles. The van der Waals surface area contributed by atoms with Crippen molar-refractivity contribution in [1.29, 1.82) is 0 Å². The molecule has 2 rings (SSSR count). The van der Waals surface area contributed by atoms with E-state index in [0.29, 0.717) is 25.9 Å². The summed E-state index contributed by atoms with van der Waals surface area (Å²) >= 11 is 0. The number of carbonyl (C=O) groups excluding carboxylic acids is 2. The first kappa shape index (κ1) is 14.2. The summed E-state index contributed by atoms with van der Waals surface area (Å²) in [5.41, 5.74) is 4.91. The van der Waals surface area contributed by atoms with Gasteiger partial charge in [0.2, 0.25) is 0 Å². The standard InChI is InChI=1S/C13H14F2N2O3/c14-8-1-2-10(15)11(7-8)20-9-3-5-17(6-4-9)13(19)12(16)18/h1-2,7,9H,3-6H2,(H2,16,18). The molecule has 5 nitrogen and oxygen atoms in total. The molecule has 108 valence electrons. The largest absolute Gasteiger partial charge is 0.487 e. The summed E-state index contributed by atoms with van der Waals surface area (Å²) in [7, 11) is 0. The van der Waals surface area contributed by atoms with Gasteiger partial charge in [-0.3, -0.25) is 9.59 Å². The molecule has 0 bridgehead atoms. The van der Waals surface area contributed by atoms with Crippen molar-refractivity contribution >= 4 is 11.8 Å². The highest BCUT2D eigenvalue weighted by Crippen LogP contribution is 2.23. The van der Waals surface area contributed by atoms with Crippen molar-refractivity contribution in [3.63, 3.8) is 0 Å². The lowest BCUT2D eigenvalue weighted by molar-refractivity contribution is -0.145. The van der Waals surface area contributed by atoms with Crippen LogP contribution in [0.5, 0.6) is 5.75 Å². The minimum Gasteiger partial charge on any atom is -0.487 e. The van der Waals surface area contributed by atoms with Crippen LogP contribution >= 0.6 is 0 Å². The average Bonchev–Trinajstić information content (AvgIpc) is 2.43. The molecule has 0 unspecified atom stereocenters. The minimum atomic E-state index is -0.999. The van der Waals surface area contributed by atoms with Crippen LogP contribution in [0.25, 0.3) is 0 Å². The number of hydrogen-bond donors (Lipinski definition) is 1. The Morgan fingerprint density at radius 3 is 2.50 bits per heavy atom. The molecule has 0 atom stereocenters. The number of primary amides is 1. The zero-order valence-corrected chi connectivity index (χ0v) is 10.6. The van der Waals surface area contributed by atoms with Gasteiger partial charge in [-0.15, -0.1) is 0 Å². The molecule has 1 heterocycles. The van der Waals surface area contributed by atoms with Gasteiger partial charge >= 0.3 is 11.8 Å². The number of amides is 2. The molecule has 2 amide bonds. The maximum atomic E-state index is 13.4. The number of likely N-dealkylation sites (tertiary alicyclic amines) is 1. The molecule has 0 aromatic heterocycles. The molecular weight excluding hydrogens is 270 g/mol. The Hall–Kier alpha value is -2.18. The van der Waals surface area contributed by atoms with Crippen LogP contribution in [0.4, 0.5) is 8.78 Å². The molecule has 2 N–H and O–H groups in total. The van der Waals surface area contributed by atoms with Gasteiger partial charge in [0.05, 0.1) is 0 Å². The SMILES string of the molecule is NC(=O)C(=O)N1CCC(Oc2cc(F)ccc2F)CC1. The second-order valence-electron chi connectivity index (χ2n) is 4.55. The number of ether oxygens (including phenoxy) is 1. The normalized spacial score (nSPS) is 16.0. The van der Waals surface area contributed by atoms with Crippen molar-refractivity contribution in [2.24, 2.45) is 5.73 Å². The fourth-order valence-corrected chi connectivity index (χ4v) is 2.08. The lowest BCUT2D eigenvalue weighted by Gasteiger charge is -2.31. The summed E-state index contributed by atoms with van der Waals surface area (Å²) in [4.78, 5) is 23.4. The second-order valence-corrected chi connectivity index (χ2v) is 4.55. The Labute approximate surface area is 114 Å². The first-order valence-corrected chi connectivity index (χ1v) is 6.18. The van der Waals surface area contributed by atoms with Gasteiger partial charge < -0.3 is 15.4 Å². The molecule has 0 aliphatic carbocycles. The van der Waals surface area contributed by atoms with Crippen LogP contribution in [0.3, 0.4) is 0 Å². The van der Waals surface area contributed by atoms with Crippen LogP contribution in [0.1, 0.15) is 12.8 Å². The smallest absolute Gasteiger partial charge is 0.311 e. The highest BCUT2D eigenvalue weighted by atomic mass is 19.1. The van der Waals surface area contributed by atoms with Crippen molar-refractivity contribution in [2.45, 2.75) is 18.9 Å². The Bertz CT molecular complexity index is 528. The zero-order valence-electron chi connectivity index (χ0n) is 10.6. The first-order chi connectivity index (χ1) is 9.47. The van der Waals surface area contributed by atoms with Gasteiger partial charge in [0.15, 0.2) is 11.6 Å². The minimum absolute atomic E-state index is 0.148. The van der Waals surface area contributed by atoms with E-state index in [9.17, 15) is 18.4 Å². The molecule has 0 spiro atoms. The van der Waals surface area contributed by atoms with E-state index in [1.807, 2.05) is 0 Å². The summed E-state index contributed by atoms with van der Waals surface area (Å²) in [6.07, 6.45) is 0.521. The summed E-state index contributed by atoms with van der Waals surface area (Å²) in [6.45, 7) is 0.590. The van der Waals surface area contributed by atoms with E-state index >= 15 is 0 Å². The van der Waals surface area contributed by atoms with E-state index in [4.69, 9.17) is 10.5 Å². The Morgan fingerprint density at radius 2 is 1.90 bits per heavy atom. The van der Waals surface area contributed by atoms with E-state index in [0.717, 1.165) is 18.2 Å². The third-order valence-electron chi connectivity index (χ3n) is 3.13. The van der Waals surface area contributed by atoms with Crippen LogP contribution in [0.15, 0.2) is 18.2 Å². The molecule has 1 aromatic rings. The third-order valence-corrected chi connectivity index (χ3v) is 3.13. The molecule has 0 radical (unpaired) electrons. The van der Waals surface area contributed by atoms with Crippen LogP contribution in [-0.4, -0.2) is 35.9 Å². The van der Waals surface area contributed by atoms with Crippen LogP contribution in [0, 0.1) is 11.6 Å². The number of carbonyl (C=O) groups is 2. The molecule has 1 aliphatic rings. The fourth-order valence-electron chi connectivity index (χ4n) is 2.08. The molecule has 0 saturated carbocycles. The molecular formula is C13H14F2N2O3. The average molecular weight is 284 g/mol. The third kappa shape index (κ3) is 3.23. The van der Waals surface area contributed by atoms with Gasteiger partial charge in [-0.25, -0.2) is 8.78 Å². The number of nitrogens with two attached hydrogens (primary N) is 1. The lowest BCUT2D eigenvalue weighted by atomic mass is 10.1. The predicted octanol–water partition coefficient (Wildman–Crippen LogP) is 0.820. The first-order valence-electron chi connectivity index (χ1n) is 6.18. The van der Waals surface area contributed by atoms with E-state index in [1.165, 1.54) is 4.90 Å². The van der Waals surface area contributed by atoms with Gasteiger partial charge in [0.25, 0.3) is 0 Å². The van der Waals surface area contributed by atoms with Crippen LogP contribution in [0.2, 0.25) is 0 Å². The summed E-state index contributed by atoms with van der Waals surface area (Å²) in [5, 5.41) is 0. The number of nitrogens with zero attached hydrogens (tertiary/aromatic N) is 1. The molecule has 7 heteroatoms. The number of benzene rings is 1. The molecule has 1 aromatic carbocycles. The Kier molecular flexibility index (Phi) is 4.16. The van der Waals surface area contributed by atoms with Crippen molar-refractivity contribution in [3.8, 4) is 5.75 Å². The van der Waals surface area contributed by atoms with Crippen molar-refractivity contribution in [2.75, 3.05) is 13.1 Å². The zero-order chi connectivity index (χ0) is 14.7.